The summed E-state index contributed by atoms with van der Waals surface area (Å²) in [7, 11) is 0. The predicted octanol–water partition coefficient (Wildman–Crippen LogP) is 5.03. The first-order valence-electron chi connectivity index (χ1n) is 11.2. The zero-order valence-electron chi connectivity index (χ0n) is 19.3. The van der Waals surface area contributed by atoms with Gasteiger partial charge in [-0.05, 0) is 55.5 Å². The quantitative estimate of drug-likeness (QED) is 0.333. The van der Waals surface area contributed by atoms with Crippen LogP contribution in [0.3, 0.4) is 0 Å². The Morgan fingerprint density at radius 3 is 2.36 bits per heavy atom. The molecule has 0 spiro atoms. The highest BCUT2D eigenvalue weighted by atomic mass is 19.4. The van der Waals surface area contributed by atoms with E-state index in [0.29, 0.717) is 22.3 Å². The van der Waals surface area contributed by atoms with E-state index in [0.717, 1.165) is 4.90 Å². The Balaban J connectivity index is 1.59. The van der Waals surface area contributed by atoms with E-state index in [4.69, 9.17) is 0 Å². The van der Waals surface area contributed by atoms with Gasteiger partial charge in [0.15, 0.2) is 5.60 Å². The fourth-order valence-electron chi connectivity index (χ4n) is 3.89. The van der Waals surface area contributed by atoms with Gasteiger partial charge in [0.25, 0.3) is 5.91 Å². The highest BCUT2D eigenvalue weighted by molar-refractivity contribution is 5.94. The minimum Gasteiger partial charge on any atom is -0.381 e. The number of benzene rings is 3. The van der Waals surface area contributed by atoms with Crippen molar-refractivity contribution in [2.24, 2.45) is 0 Å². The van der Waals surface area contributed by atoms with E-state index < -0.39 is 36.6 Å². The van der Waals surface area contributed by atoms with Crippen LogP contribution in [0, 0.1) is 5.82 Å². The van der Waals surface area contributed by atoms with Gasteiger partial charge in [0.2, 0.25) is 0 Å². The van der Waals surface area contributed by atoms with E-state index >= 15 is 0 Å². The molecule has 4 aromatic rings. The summed E-state index contributed by atoms with van der Waals surface area (Å²) in [6.07, 6.45) is -3.54. The number of nitrogens with one attached hydrogen (secondary N) is 1. The van der Waals surface area contributed by atoms with Crippen LogP contribution in [0.1, 0.15) is 17.3 Å². The van der Waals surface area contributed by atoms with Crippen LogP contribution in [0.25, 0.3) is 16.6 Å². The Labute approximate surface area is 204 Å². The summed E-state index contributed by atoms with van der Waals surface area (Å²) in [5.74, 6) is -1.01. The van der Waals surface area contributed by atoms with Gasteiger partial charge in [0, 0.05) is 23.2 Å². The molecule has 36 heavy (non-hydrogen) atoms. The lowest BCUT2D eigenvalue weighted by Crippen LogP contribution is -2.58. The number of hydrogen-bond acceptors (Lipinski definition) is 4. The fraction of sp³-hybridized carbons (Fsp3) is 0.231. The van der Waals surface area contributed by atoms with Gasteiger partial charge >= 0.3 is 6.18 Å². The summed E-state index contributed by atoms with van der Waals surface area (Å²) in [6, 6.07) is 18.5. The number of amides is 1. The van der Waals surface area contributed by atoms with Crippen LogP contribution in [-0.2, 0) is 0 Å². The largest absolute Gasteiger partial charge is 0.420 e. The van der Waals surface area contributed by atoms with Crippen LogP contribution < -0.4 is 5.32 Å². The summed E-state index contributed by atoms with van der Waals surface area (Å²) in [5, 5.41) is 18.2. The molecule has 1 heterocycles. The number of carbonyl (C=O) groups is 1. The number of anilines is 1. The van der Waals surface area contributed by atoms with E-state index in [9.17, 15) is 27.5 Å². The molecule has 0 saturated carbocycles. The number of fused-ring (bicyclic) bond motifs is 1. The summed E-state index contributed by atoms with van der Waals surface area (Å²) >= 11 is 0. The highest BCUT2D eigenvalue weighted by Crippen LogP contribution is 2.33. The molecule has 0 aliphatic rings. The van der Waals surface area contributed by atoms with Crippen LogP contribution in [0.4, 0.5) is 23.2 Å². The number of alkyl halides is 3. The number of likely N-dealkylation sites (N-methyl/N-ethyl adjacent to an activating group) is 1. The second kappa shape index (κ2) is 9.98. The van der Waals surface area contributed by atoms with Gasteiger partial charge in [-0.1, -0.05) is 24.3 Å². The maximum absolute atomic E-state index is 14.1. The lowest BCUT2D eigenvalue weighted by molar-refractivity contribution is -0.257. The standard InChI is InChI=1S/C26H24F4N4O2/c1-2-33(24(35)18-7-4-3-5-8-18)17-25(36,26(28,29)30)16-31-22-9-6-10-23-21(22)15-32-34(23)20-13-11-19(27)12-14-20/h3-15,31,36H,2,16-17H2,1H3. The zero-order chi connectivity index (χ0) is 25.9. The third-order valence-electron chi connectivity index (χ3n) is 5.93. The molecule has 4 rings (SSSR count). The zero-order valence-corrected chi connectivity index (χ0v) is 19.3. The molecule has 1 atom stereocenters. The third kappa shape index (κ3) is 5.03. The monoisotopic (exact) mass is 500 g/mol. The lowest BCUT2D eigenvalue weighted by Gasteiger charge is -2.35. The molecule has 1 amide bonds. The molecule has 0 radical (unpaired) electrons. The minimum absolute atomic E-state index is 0.0217. The molecule has 6 nitrogen and oxygen atoms in total. The van der Waals surface area contributed by atoms with Crippen molar-refractivity contribution in [2.75, 3.05) is 25.0 Å². The normalized spacial score (nSPS) is 13.4. The molecule has 1 aromatic heterocycles. The van der Waals surface area contributed by atoms with Crippen LogP contribution in [-0.4, -0.2) is 57.1 Å². The number of aliphatic hydroxyl groups is 1. The SMILES string of the molecule is CCN(CC(O)(CNc1cccc2c1cnn2-c1ccc(F)cc1)C(F)(F)F)C(=O)c1ccccc1. The predicted molar refractivity (Wildman–Crippen MR) is 129 cm³/mol. The number of hydrogen-bond donors (Lipinski definition) is 2. The number of aromatic nitrogens is 2. The van der Waals surface area contributed by atoms with E-state index in [-0.39, 0.29) is 12.1 Å². The fourth-order valence-corrected chi connectivity index (χ4v) is 3.89. The van der Waals surface area contributed by atoms with Crippen molar-refractivity contribution in [1.29, 1.82) is 0 Å². The molecule has 1 unspecified atom stereocenters. The number of carbonyl (C=O) groups excluding carboxylic acids is 1. The molecule has 188 valence electrons. The van der Waals surface area contributed by atoms with Crippen LogP contribution in [0.15, 0.2) is 79.0 Å². The van der Waals surface area contributed by atoms with Crippen molar-refractivity contribution in [3.63, 3.8) is 0 Å². The molecule has 2 N–H and O–H groups in total. The first kappa shape index (κ1) is 25.2. The summed E-state index contributed by atoms with van der Waals surface area (Å²) in [6.45, 7) is -0.309. The number of nitrogens with zero attached hydrogens (tertiary/aromatic N) is 3. The van der Waals surface area contributed by atoms with Crippen LogP contribution in [0.5, 0.6) is 0 Å². The number of rotatable bonds is 8. The smallest absolute Gasteiger partial charge is 0.381 e. The first-order valence-corrected chi connectivity index (χ1v) is 11.2. The Morgan fingerprint density at radius 2 is 1.72 bits per heavy atom. The Morgan fingerprint density at radius 1 is 1.03 bits per heavy atom. The maximum atomic E-state index is 14.1. The van der Waals surface area contributed by atoms with Crippen LogP contribution in [0.2, 0.25) is 0 Å². The highest BCUT2D eigenvalue weighted by Gasteiger charge is 2.55. The molecule has 0 bridgehead atoms. The Hall–Kier alpha value is -3.92. The second-order valence-electron chi connectivity index (χ2n) is 8.34. The number of halogens is 4. The summed E-state index contributed by atoms with van der Waals surface area (Å²) < 4.78 is 57.0. The molecule has 0 aliphatic carbocycles. The minimum atomic E-state index is -5.02. The van der Waals surface area contributed by atoms with E-state index in [2.05, 4.69) is 10.4 Å². The van der Waals surface area contributed by atoms with Crippen molar-refractivity contribution in [2.45, 2.75) is 18.7 Å². The van der Waals surface area contributed by atoms with E-state index in [1.807, 2.05) is 0 Å². The maximum Gasteiger partial charge on any atom is 0.420 e. The van der Waals surface area contributed by atoms with Crippen molar-refractivity contribution in [3.8, 4) is 5.69 Å². The summed E-state index contributed by atoms with van der Waals surface area (Å²) in [5.41, 5.74) is -1.51. The Bertz CT molecular complexity index is 1340. The molecule has 0 fully saturated rings. The van der Waals surface area contributed by atoms with Gasteiger partial charge in [0.1, 0.15) is 5.82 Å². The topological polar surface area (TPSA) is 70.4 Å². The molecular formula is C26H24F4N4O2. The van der Waals surface area contributed by atoms with Crippen molar-refractivity contribution in [3.05, 3.63) is 90.4 Å². The average molecular weight is 500 g/mol. The van der Waals surface area contributed by atoms with Gasteiger partial charge < -0.3 is 15.3 Å². The van der Waals surface area contributed by atoms with Gasteiger partial charge in [-0.3, -0.25) is 4.79 Å². The average Bonchev–Trinajstić information content (AvgIpc) is 3.31. The van der Waals surface area contributed by atoms with Gasteiger partial charge in [-0.2, -0.15) is 18.3 Å². The van der Waals surface area contributed by atoms with Crippen molar-refractivity contribution in [1.82, 2.24) is 14.7 Å². The molecule has 0 saturated heterocycles. The second-order valence-corrected chi connectivity index (χ2v) is 8.34. The third-order valence-corrected chi connectivity index (χ3v) is 5.93. The molecule has 0 aliphatic heterocycles. The lowest BCUT2D eigenvalue weighted by atomic mass is 10.0. The van der Waals surface area contributed by atoms with E-state index in [1.54, 1.807) is 43.3 Å². The molecular weight excluding hydrogens is 476 g/mol. The summed E-state index contributed by atoms with van der Waals surface area (Å²) in [4.78, 5) is 13.8. The Kier molecular flexibility index (Phi) is 6.98. The van der Waals surface area contributed by atoms with E-state index in [1.165, 1.54) is 47.3 Å². The van der Waals surface area contributed by atoms with Gasteiger partial charge in [0.05, 0.1) is 30.5 Å². The van der Waals surface area contributed by atoms with Crippen LogP contribution >= 0.6 is 0 Å². The molecule has 3 aromatic carbocycles. The van der Waals surface area contributed by atoms with Gasteiger partial charge in [-0.15, -0.1) is 0 Å². The van der Waals surface area contributed by atoms with Crippen molar-refractivity contribution < 1.29 is 27.5 Å². The molecule has 10 heteroatoms. The first-order chi connectivity index (χ1) is 17.1. The van der Waals surface area contributed by atoms with Crippen molar-refractivity contribution >= 4 is 22.5 Å². The van der Waals surface area contributed by atoms with Gasteiger partial charge in [-0.25, -0.2) is 9.07 Å².